The molecule has 1 aromatic heterocycles. The number of rotatable bonds is 6. The Morgan fingerprint density at radius 1 is 1.15 bits per heavy atom. The molecule has 1 aromatic carbocycles. The van der Waals surface area contributed by atoms with E-state index in [4.69, 9.17) is 27.6 Å². The van der Waals surface area contributed by atoms with E-state index in [0.29, 0.717) is 16.1 Å². The van der Waals surface area contributed by atoms with Gasteiger partial charge < -0.3 is 9.73 Å². The third-order valence-corrected chi connectivity index (χ3v) is 3.50. The van der Waals surface area contributed by atoms with Crippen molar-refractivity contribution in [2.75, 3.05) is 6.54 Å². The van der Waals surface area contributed by atoms with E-state index >= 15 is 0 Å². The Labute approximate surface area is 130 Å². The molecule has 0 aliphatic rings. The average molecular weight is 312 g/mol. The largest absolute Gasteiger partial charge is 0.461 e. The van der Waals surface area contributed by atoms with E-state index < -0.39 is 0 Å². The van der Waals surface area contributed by atoms with Gasteiger partial charge in [0.15, 0.2) is 0 Å². The summed E-state index contributed by atoms with van der Waals surface area (Å²) >= 11 is 12.0. The smallest absolute Gasteiger partial charge is 0.134 e. The van der Waals surface area contributed by atoms with Gasteiger partial charge in [0.1, 0.15) is 11.5 Å². The van der Waals surface area contributed by atoms with Crippen LogP contribution in [-0.4, -0.2) is 12.6 Å². The summed E-state index contributed by atoms with van der Waals surface area (Å²) in [4.78, 5) is 0. The van der Waals surface area contributed by atoms with E-state index in [1.54, 1.807) is 6.07 Å². The van der Waals surface area contributed by atoms with E-state index in [-0.39, 0.29) is 0 Å². The summed E-state index contributed by atoms with van der Waals surface area (Å²) in [6.07, 6.45) is 2.00. The molecule has 1 N–H and O–H groups in total. The van der Waals surface area contributed by atoms with Crippen molar-refractivity contribution < 1.29 is 4.42 Å². The fourth-order valence-electron chi connectivity index (χ4n) is 2.10. The van der Waals surface area contributed by atoms with Crippen molar-refractivity contribution >= 4 is 23.2 Å². The minimum Gasteiger partial charge on any atom is -0.461 e. The first-order chi connectivity index (χ1) is 9.58. The molecule has 1 atom stereocenters. The third kappa shape index (κ3) is 4.27. The molecule has 2 rings (SSSR count). The van der Waals surface area contributed by atoms with Crippen LogP contribution in [0.4, 0.5) is 0 Å². The fourth-order valence-corrected chi connectivity index (χ4v) is 2.63. The van der Waals surface area contributed by atoms with Crippen LogP contribution in [0.2, 0.25) is 10.0 Å². The second-order valence-corrected chi connectivity index (χ2v) is 5.86. The van der Waals surface area contributed by atoms with Gasteiger partial charge in [-0.15, -0.1) is 0 Å². The molecule has 0 radical (unpaired) electrons. The Morgan fingerprint density at radius 2 is 1.85 bits per heavy atom. The van der Waals surface area contributed by atoms with Crippen LogP contribution in [0.15, 0.2) is 34.7 Å². The van der Waals surface area contributed by atoms with E-state index in [1.165, 1.54) is 0 Å². The van der Waals surface area contributed by atoms with Gasteiger partial charge in [-0.25, -0.2) is 0 Å². The molecule has 20 heavy (non-hydrogen) atoms. The van der Waals surface area contributed by atoms with E-state index in [2.05, 4.69) is 19.2 Å². The second-order valence-electron chi connectivity index (χ2n) is 4.98. The van der Waals surface area contributed by atoms with E-state index in [9.17, 15) is 0 Å². The molecule has 0 saturated heterocycles. The maximum Gasteiger partial charge on any atom is 0.134 e. The summed E-state index contributed by atoms with van der Waals surface area (Å²) < 4.78 is 5.87. The highest BCUT2D eigenvalue weighted by Crippen LogP contribution is 2.28. The van der Waals surface area contributed by atoms with Gasteiger partial charge in [0, 0.05) is 28.1 Å². The lowest BCUT2D eigenvalue weighted by molar-refractivity contribution is 0.464. The summed E-state index contributed by atoms with van der Waals surface area (Å²) in [6.45, 7) is 5.35. The van der Waals surface area contributed by atoms with E-state index in [0.717, 1.165) is 36.5 Å². The standard InChI is InChI=1S/C16H19Cl2NO/c1-3-6-19-11(2)7-15-4-5-16(20-15)12-8-13(17)10-14(18)9-12/h4-5,8-11,19H,3,6-7H2,1-2H3. The van der Waals surface area contributed by atoms with Crippen molar-refractivity contribution in [2.24, 2.45) is 0 Å². The van der Waals surface area contributed by atoms with Crippen LogP contribution in [0.1, 0.15) is 26.0 Å². The summed E-state index contributed by atoms with van der Waals surface area (Å²) in [5, 5.41) is 4.67. The van der Waals surface area contributed by atoms with Crippen molar-refractivity contribution in [3.63, 3.8) is 0 Å². The summed E-state index contributed by atoms with van der Waals surface area (Å²) in [5.74, 6) is 1.76. The monoisotopic (exact) mass is 311 g/mol. The predicted molar refractivity (Wildman–Crippen MR) is 85.6 cm³/mol. The molecule has 0 aliphatic carbocycles. The molecule has 0 bridgehead atoms. The SMILES string of the molecule is CCCNC(C)Cc1ccc(-c2cc(Cl)cc(Cl)c2)o1. The maximum atomic E-state index is 6.01. The van der Waals surface area contributed by atoms with Crippen molar-refractivity contribution in [1.82, 2.24) is 5.32 Å². The minimum absolute atomic E-state index is 0.400. The van der Waals surface area contributed by atoms with Gasteiger partial charge >= 0.3 is 0 Å². The van der Waals surface area contributed by atoms with E-state index in [1.807, 2.05) is 24.3 Å². The Hall–Kier alpha value is -0.960. The highest BCUT2D eigenvalue weighted by molar-refractivity contribution is 6.35. The Kier molecular flexibility index (Phi) is 5.53. The van der Waals surface area contributed by atoms with Crippen LogP contribution in [0.25, 0.3) is 11.3 Å². The molecule has 1 unspecified atom stereocenters. The van der Waals surface area contributed by atoms with Gasteiger partial charge in [0.2, 0.25) is 0 Å². The molecule has 0 saturated carbocycles. The molecular weight excluding hydrogens is 293 g/mol. The number of benzene rings is 1. The molecule has 4 heteroatoms. The molecule has 0 fully saturated rings. The molecule has 0 amide bonds. The number of hydrogen-bond acceptors (Lipinski definition) is 2. The normalized spacial score (nSPS) is 12.6. The van der Waals surface area contributed by atoms with Gasteiger partial charge in [-0.1, -0.05) is 30.1 Å². The predicted octanol–water partition coefficient (Wildman–Crippen LogP) is 5.18. The molecule has 108 valence electrons. The maximum absolute atomic E-state index is 6.01. The molecular formula is C16H19Cl2NO. The van der Waals surface area contributed by atoms with Gasteiger partial charge in [0.05, 0.1) is 0 Å². The molecule has 2 nitrogen and oxygen atoms in total. The van der Waals surface area contributed by atoms with Crippen molar-refractivity contribution in [2.45, 2.75) is 32.7 Å². The zero-order valence-corrected chi connectivity index (χ0v) is 13.3. The highest BCUT2D eigenvalue weighted by Gasteiger charge is 2.09. The minimum atomic E-state index is 0.400. The first kappa shape index (κ1) is 15.4. The van der Waals surface area contributed by atoms with Crippen LogP contribution in [-0.2, 0) is 6.42 Å². The van der Waals surface area contributed by atoms with Crippen molar-refractivity contribution in [1.29, 1.82) is 0 Å². The highest BCUT2D eigenvalue weighted by atomic mass is 35.5. The van der Waals surface area contributed by atoms with Gasteiger partial charge in [0.25, 0.3) is 0 Å². The van der Waals surface area contributed by atoms with Crippen LogP contribution >= 0.6 is 23.2 Å². The Balaban J connectivity index is 2.08. The quantitative estimate of drug-likeness (QED) is 0.794. The lowest BCUT2D eigenvalue weighted by Crippen LogP contribution is -2.28. The zero-order chi connectivity index (χ0) is 14.5. The zero-order valence-electron chi connectivity index (χ0n) is 11.7. The molecule has 2 aromatic rings. The van der Waals surface area contributed by atoms with Crippen LogP contribution in [0.5, 0.6) is 0 Å². The Morgan fingerprint density at radius 3 is 2.50 bits per heavy atom. The Bertz CT molecular complexity index is 545. The first-order valence-corrected chi connectivity index (χ1v) is 7.62. The summed E-state index contributed by atoms with van der Waals surface area (Å²) in [5.41, 5.74) is 0.905. The lowest BCUT2D eigenvalue weighted by atomic mass is 10.2. The summed E-state index contributed by atoms with van der Waals surface area (Å²) in [6, 6.07) is 9.80. The fraction of sp³-hybridized carbons (Fsp3) is 0.375. The van der Waals surface area contributed by atoms with Crippen LogP contribution in [0.3, 0.4) is 0 Å². The van der Waals surface area contributed by atoms with Crippen molar-refractivity contribution in [3.8, 4) is 11.3 Å². The average Bonchev–Trinajstić information content (AvgIpc) is 2.83. The molecule has 0 aliphatic heterocycles. The number of furan rings is 1. The topological polar surface area (TPSA) is 25.2 Å². The van der Waals surface area contributed by atoms with Crippen LogP contribution < -0.4 is 5.32 Å². The third-order valence-electron chi connectivity index (χ3n) is 3.06. The van der Waals surface area contributed by atoms with Crippen LogP contribution in [0, 0.1) is 0 Å². The number of hydrogen-bond donors (Lipinski definition) is 1. The van der Waals surface area contributed by atoms with Crippen molar-refractivity contribution in [3.05, 3.63) is 46.1 Å². The lowest BCUT2D eigenvalue weighted by Gasteiger charge is -2.10. The van der Waals surface area contributed by atoms with Gasteiger partial charge in [-0.05, 0) is 50.2 Å². The van der Waals surface area contributed by atoms with Gasteiger partial charge in [-0.3, -0.25) is 0 Å². The summed E-state index contributed by atoms with van der Waals surface area (Å²) in [7, 11) is 0. The van der Waals surface area contributed by atoms with Gasteiger partial charge in [-0.2, -0.15) is 0 Å². The first-order valence-electron chi connectivity index (χ1n) is 6.87. The number of nitrogens with one attached hydrogen (secondary N) is 1. The second kappa shape index (κ2) is 7.16. The number of halogens is 2. The molecule has 1 heterocycles. The molecule has 0 spiro atoms.